The molecule has 4 N–H and O–H groups in total. The number of amides is 3. The van der Waals surface area contributed by atoms with Crippen molar-refractivity contribution < 1.29 is 24.0 Å². The number of hydrogen-bond acceptors (Lipinski definition) is 6. The summed E-state index contributed by atoms with van der Waals surface area (Å²) >= 11 is 0. The third-order valence-corrected chi connectivity index (χ3v) is 4.30. The van der Waals surface area contributed by atoms with Gasteiger partial charge in [-0.2, -0.15) is 0 Å². The van der Waals surface area contributed by atoms with E-state index in [1.54, 1.807) is 24.3 Å². The van der Waals surface area contributed by atoms with Gasteiger partial charge in [0.25, 0.3) is 0 Å². The molecule has 29 heavy (non-hydrogen) atoms. The number of nitro benzene ring substituents is 1. The largest absolute Gasteiger partial charge is 0.450 e. The lowest BCUT2D eigenvalue weighted by atomic mass is 10.0. The zero-order valence-corrected chi connectivity index (χ0v) is 15.2. The van der Waals surface area contributed by atoms with E-state index >= 15 is 0 Å². The van der Waals surface area contributed by atoms with Crippen LogP contribution < -0.4 is 21.1 Å². The molecule has 1 atom stereocenters. The Balaban J connectivity index is 1.98. The zero-order chi connectivity index (χ0) is 21.0. The molecule has 2 aromatic rings. The van der Waals surface area contributed by atoms with Gasteiger partial charge >= 0.3 is 5.69 Å². The van der Waals surface area contributed by atoms with Crippen LogP contribution in [0.1, 0.15) is 11.1 Å². The van der Waals surface area contributed by atoms with Crippen LogP contribution in [0.4, 0.5) is 5.69 Å². The fourth-order valence-electron chi connectivity index (χ4n) is 2.85. The molecular formula is C19H18N4O6. The first-order valence-corrected chi connectivity index (χ1v) is 8.71. The molecule has 150 valence electrons. The molecule has 0 aliphatic carbocycles. The lowest BCUT2D eigenvalue weighted by Crippen LogP contribution is -2.49. The maximum Gasteiger partial charge on any atom is 0.311 e. The van der Waals surface area contributed by atoms with Crippen molar-refractivity contribution in [1.29, 1.82) is 0 Å². The van der Waals surface area contributed by atoms with Gasteiger partial charge < -0.3 is 21.1 Å². The van der Waals surface area contributed by atoms with Crippen LogP contribution in [0.5, 0.6) is 11.5 Å². The number of nitrogens with zero attached hydrogens (tertiary/aromatic N) is 1. The minimum atomic E-state index is -0.951. The van der Waals surface area contributed by atoms with Crippen LogP contribution in [0.2, 0.25) is 0 Å². The molecular weight excluding hydrogens is 380 g/mol. The monoisotopic (exact) mass is 398 g/mol. The molecule has 2 aliphatic heterocycles. The van der Waals surface area contributed by atoms with E-state index in [2.05, 4.69) is 10.6 Å². The van der Waals surface area contributed by atoms with Crippen LogP contribution in [-0.4, -0.2) is 35.2 Å². The summed E-state index contributed by atoms with van der Waals surface area (Å²) in [5.74, 6) is -1.40. The number of benzene rings is 2. The number of nitrogens with one attached hydrogen (secondary N) is 2. The molecule has 10 nitrogen and oxygen atoms in total. The fraction of sp³-hybridized carbons (Fsp3) is 0.211. The van der Waals surface area contributed by atoms with Gasteiger partial charge in [0.2, 0.25) is 23.5 Å². The Bertz CT molecular complexity index is 973. The summed E-state index contributed by atoms with van der Waals surface area (Å²) in [7, 11) is 0. The summed E-state index contributed by atoms with van der Waals surface area (Å²) in [6.07, 6.45) is 0.0325. The van der Waals surface area contributed by atoms with E-state index in [-0.39, 0.29) is 30.8 Å². The van der Waals surface area contributed by atoms with Crippen LogP contribution >= 0.6 is 0 Å². The van der Waals surface area contributed by atoms with Crippen LogP contribution in [0, 0.1) is 10.1 Å². The summed E-state index contributed by atoms with van der Waals surface area (Å²) in [5.41, 5.74) is 6.28. The molecule has 0 spiro atoms. The Kier molecular flexibility index (Phi) is 5.72. The van der Waals surface area contributed by atoms with Crippen molar-refractivity contribution >= 4 is 23.4 Å². The summed E-state index contributed by atoms with van der Waals surface area (Å²) in [5, 5.41) is 16.2. The molecule has 10 heteroatoms. The molecule has 0 saturated carbocycles. The number of nitrogens with two attached hydrogens (primary N) is 1. The van der Waals surface area contributed by atoms with Gasteiger partial charge in [0.05, 0.1) is 17.9 Å². The number of primary amides is 1. The first kappa shape index (κ1) is 19.8. The number of rotatable bonds is 2. The Morgan fingerprint density at radius 2 is 1.79 bits per heavy atom. The Labute approximate surface area is 165 Å². The molecule has 2 heterocycles. The summed E-state index contributed by atoms with van der Waals surface area (Å²) in [6.45, 7) is -0.335. The highest BCUT2D eigenvalue weighted by atomic mass is 16.6. The second kappa shape index (κ2) is 8.38. The minimum absolute atomic E-state index is 0.00657. The number of nitro groups is 1. The quantitative estimate of drug-likeness (QED) is 0.496. The Hall–Kier alpha value is -3.95. The summed E-state index contributed by atoms with van der Waals surface area (Å²) in [4.78, 5) is 46.5. The second-order valence-electron chi connectivity index (χ2n) is 6.49. The van der Waals surface area contributed by atoms with Crippen LogP contribution in [0.15, 0.2) is 42.5 Å². The molecule has 4 rings (SSSR count). The van der Waals surface area contributed by atoms with E-state index in [1.165, 1.54) is 18.2 Å². The van der Waals surface area contributed by atoms with Crippen molar-refractivity contribution in [1.82, 2.24) is 10.6 Å². The molecule has 0 aromatic heterocycles. The highest BCUT2D eigenvalue weighted by Crippen LogP contribution is 2.32. The molecule has 2 aromatic carbocycles. The second-order valence-corrected chi connectivity index (χ2v) is 6.49. The van der Waals surface area contributed by atoms with Gasteiger partial charge in [-0.25, -0.2) is 0 Å². The van der Waals surface area contributed by atoms with Gasteiger partial charge in [0.1, 0.15) is 11.8 Å². The molecule has 0 fully saturated rings. The first-order chi connectivity index (χ1) is 13.8. The molecule has 3 amide bonds. The van der Waals surface area contributed by atoms with Crippen molar-refractivity contribution in [2.45, 2.75) is 18.9 Å². The van der Waals surface area contributed by atoms with Crippen LogP contribution in [0.25, 0.3) is 0 Å². The third kappa shape index (κ3) is 5.06. The molecule has 0 radical (unpaired) electrons. The van der Waals surface area contributed by atoms with Gasteiger partial charge in [-0.05, 0) is 29.3 Å². The summed E-state index contributed by atoms with van der Waals surface area (Å²) < 4.78 is 5.66. The van der Waals surface area contributed by atoms with E-state index < -0.39 is 28.7 Å². The Morgan fingerprint density at radius 3 is 2.45 bits per heavy atom. The average Bonchev–Trinajstić information content (AvgIpc) is 2.66. The van der Waals surface area contributed by atoms with E-state index in [4.69, 9.17) is 10.5 Å². The van der Waals surface area contributed by atoms with Crippen molar-refractivity contribution in [3.8, 4) is 11.5 Å². The van der Waals surface area contributed by atoms with E-state index in [9.17, 15) is 24.5 Å². The third-order valence-electron chi connectivity index (χ3n) is 4.30. The van der Waals surface area contributed by atoms with Gasteiger partial charge in [0, 0.05) is 12.5 Å². The smallest absolute Gasteiger partial charge is 0.311 e. The van der Waals surface area contributed by atoms with Crippen molar-refractivity contribution in [2.75, 3.05) is 6.54 Å². The lowest BCUT2D eigenvalue weighted by Gasteiger charge is -2.17. The van der Waals surface area contributed by atoms with Crippen LogP contribution in [-0.2, 0) is 27.2 Å². The van der Waals surface area contributed by atoms with Gasteiger partial charge in [-0.1, -0.05) is 18.2 Å². The maximum absolute atomic E-state index is 12.1. The minimum Gasteiger partial charge on any atom is -0.450 e. The highest BCUT2D eigenvalue weighted by molar-refractivity contribution is 5.90. The van der Waals surface area contributed by atoms with Crippen molar-refractivity contribution in [2.24, 2.45) is 5.73 Å². The highest BCUT2D eigenvalue weighted by Gasteiger charge is 2.21. The number of hydrogen-bond donors (Lipinski definition) is 3. The predicted octanol–water partition coefficient (Wildman–Crippen LogP) is 0.572. The molecule has 0 saturated heterocycles. The predicted molar refractivity (Wildman–Crippen MR) is 101 cm³/mol. The molecule has 4 bridgehead atoms. The topological polar surface area (TPSA) is 154 Å². The average molecular weight is 398 g/mol. The normalized spacial score (nSPS) is 17.0. The number of carbonyl (C=O) groups is 3. The fourth-order valence-corrected chi connectivity index (χ4v) is 2.85. The van der Waals surface area contributed by atoms with Gasteiger partial charge in [-0.15, -0.1) is 0 Å². The maximum atomic E-state index is 12.1. The van der Waals surface area contributed by atoms with Crippen molar-refractivity contribution in [3.05, 3.63) is 63.7 Å². The molecule has 0 unspecified atom stereocenters. The number of carbonyl (C=O) groups excluding carboxylic acids is 3. The van der Waals surface area contributed by atoms with Gasteiger partial charge in [-0.3, -0.25) is 24.5 Å². The lowest BCUT2D eigenvalue weighted by molar-refractivity contribution is -0.385. The van der Waals surface area contributed by atoms with Crippen molar-refractivity contribution in [3.63, 3.8) is 0 Å². The zero-order valence-electron chi connectivity index (χ0n) is 15.2. The number of ether oxygens (including phenoxy) is 1. The standard InChI is InChI=1S/C19H18N4O6/c20-19(26)14-7-11-1-4-13(5-2-11)29-16-8-12(3-6-15(16)23(27)28)9-17(24)21-10-18(25)22-14/h1-6,8,14H,7,9-10H2,(H2,20,26)(H,21,24)(H,22,25)/t14-/m1/s1. The number of fused-ring (bicyclic) bond motifs is 9. The van der Waals surface area contributed by atoms with E-state index in [0.717, 1.165) is 0 Å². The van der Waals surface area contributed by atoms with E-state index in [0.29, 0.717) is 16.9 Å². The van der Waals surface area contributed by atoms with Crippen LogP contribution in [0.3, 0.4) is 0 Å². The molecule has 2 aliphatic rings. The SMILES string of the molecule is NC(=O)[C@H]1Cc2ccc(cc2)Oc2cc(ccc2[N+](=O)[O-])CC(=O)NCC(=O)N1. The first-order valence-electron chi connectivity index (χ1n) is 8.71. The Morgan fingerprint density at radius 1 is 1.10 bits per heavy atom. The van der Waals surface area contributed by atoms with E-state index in [1.807, 2.05) is 0 Å². The summed E-state index contributed by atoms with van der Waals surface area (Å²) in [6, 6.07) is 9.68. The van der Waals surface area contributed by atoms with Gasteiger partial charge in [0.15, 0.2) is 0 Å².